The molecule has 1 aliphatic heterocycles. The summed E-state index contributed by atoms with van der Waals surface area (Å²) in [4.78, 5) is 37.2. The Labute approximate surface area is 147 Å². The van der Waals surface area contributed by atoms with Crippen LogP contribution in [0.5, 0.6) is 0 Å². The lowest BCUT2D eigenvalue weighted by Crippen LogP contribution is -2.43. The summed E-state index contributed by atoms with van der Waals surface area (Å²) in [5.41, 5.74) is 1.84. The van der Waals surface area contributed by atoms with Crippen LogP contribution in [0.25, 0.3) is 6.08 Å². The van der Waals surface area contributed by atoms with Gasteiger partial charge in [-0.15, -0.1) is 0 Å². The molecule has 0 aromatic heterocycles. The summed E-state index contributed by atoms with van der Waals surface area (Å²) in [7, 11) is 0. The van der Waals surface area contributed by atoms with Gasteiger partial charge >= 0.3 is 5.97 Å². The molecule has 0 fully saturated rings. The van der Waals surface area contributed by atoms with Crippen LogP contribution in [0.15, 0.2) is 30.5 Å². The maximum Gasteiger partial charge on any atom is 0.326 e. The van der Waals surface area contributed by atoms with Gasteiger partial charge in [-0.3, -0.25) is 9.59 Å². The molecule has 1 aromatic rings. The zero-order chi connectivity index (χ0) is 18.4. The van der Waals surface area contributed by atoms with Crippen molar-refractivity contribution < 1.29 is 19.5 Å². The predicted molar refractivity (Wildman–Crippen MR) is 94.4 cm³/mol. The highest BCUT2D eigenvalue weighted by Crippen LogP contribution is 2.32. The zero-order valence-corrected chi connectivity index (χ0v) is 14.6. The molecule has 2 rings (SSSR count). The number of hydrogen-bond acceptors (Lipinski definition) is 3. The fourth-order valence-electron chi connectivity index (χ4n) is 3.01. The molecule has 6 nitrogen and oxygen atoms in total. The van der Waals surface area contributed by atoms with Gasteiger partial charge in [-0.05, 0) is 23.6 Å². The van der Waals surface area contributed by atoms with E-state index in [4.69, 9.17) is 0 Å². The molecule has 0 radical (unpaired) electrons. The van der Waals surface area contributed by atoms with E-state index >= 15 is 0 Å². The molecule has 2 amide bonds. The van der Waals surface area contributed by atoms with Gasteiger partial charge < -0.3 is 15.3 Å². The number of hydrogen-bond donors (Lipinski definition) is 2. The number of amides is 2. The van der Waals surface area contributed by atoms with Crippen molar-refractivity contribution in [3.05, 3.63) is 41.6 Å². The lowest BCUT2D eigenvalue weighted by Gasteiger charge is -2.32. The average Bonchev–Trinajstić information content (AvgIpc) is 2.58. The van der Waals surface area contributed by atoms with Crippen molar-refractivity contribution in [1.29, 1.82) is 0 Å². The Kier molecular flexibility index (Phi) is 6.33. The Bertz CT molecular complexity index is 684. The second-order valence-corrected chi connectivity index (χ2v) is 6.19. The van der Waals surface area contributed by atoms with Crippen LogP contribution in [0.4, 0.5) is 0 Å². The first-order valence-corrected chi connectivity index (χ1v) is 8.52. The molecule has 1 heterocycles. The molecule has 25 heavy (non-hydrogen) atoms. The number of aliphatic carboxylic acids is 1. The van der Waals surface area contributed by atoms with Crippen LogP contribution in [-0.4, -0.2) is 33.8 Å². The lowest BCUT2D eigenvalue weighted by atomic mass is 9.93. The first-order valence-electron chi connectivity index (χ1n) is 8.52. The second kappa shape index (κ2) is 8.46. The van der Waals surface area contributed by atoms with E-state index in [-0.39, 0.29) is 18.2 Å². The van der Waals surface area contributed by atoms with Gasteiger partial charge in [-0.2, -0.15) is 0 Å². The number of carboxylic acid groups (broad SMARTS) is 1. The third-order valence-electron chi connectivity index (χ3n) is 4.33. The number of unbranched alkanes of at least 4 members (excludes halogenated alkanes) is 1. The van der Waals surface area contributed by atoms with Crippen LogP contribution >= 0.6 is 0 Å². The van der Waals surface area contributed by atoms with Crippen LogP contribution in [0, 0.1) is 0 Å². The smallest absolute Gasteiger partial charge is 0.326 e. The summed E-state index contributed by atoms with van der Waals surface area (Å²) in [6.45, 7) is 3.42. The summed E-state index contributed by atoms with van der Waals surface area (Å²) in [5, 5.41) is 11.9. The maximum absolute atomic E-state index is 12.4. The topological polar surface area (TPSA) is 86.7 Å². The quantitative estimate of drug-likeness (QED) is 0.796. The van der Waals surface area contributed by atoms with Gasteiger partial charge in [-0.25, -0.2) is 4.79 Å². The van der Waals surface area contributed by atoms with Crippen LogP contribution in [-0.2, 0) is 14.4 Å². The molecule has 1 aliphatic rings. The zero-order valence-electron chi connectivity index (χ0n) is 14.6. The highest BCUT2D eigenvalue weighted by molar-refractivity contribution is 5.85. The van der Waals surface area contributed by atoms with Crippen molar-refractivity contribution in [3.63, 3.8) is 0 Å². The van der Waals surface area contributed by atoms with Gasteiger partial charge in [0.1, 0.15) is 6.04 Å². The van der Waals surface area contributed by atoms with Crippen molar-refractivity contribution in [2.45, 2.75) is 51.6 Å². The molecular formula is C19H24N2O4. The van der Waals surface area contributed by atoms with Crippen molar-refractivity contribution in [3.8, 4) is 0 Å². The van der Waals surface area contributed by atoms with Crippen molar-refractivity contribution >= 4 is 23.9 Å². The predicted octanol–water partition coefficient (Wildman–Crippen LogP) is 2.71. The SMILES string of the molecule is CCCCC(NC(=O)CC1c2ccccc2C=CN1C(C)=O)C(=O)O. The van der Waals surface area contributed by atoms with Crippen molar-refractivity contribution in [2.75, 3.05) is 0 Å². The van der Waals surface area contributed by atoms with Crippen LogP contribution in [0.3, 0.4) is 0 Å². The lowest BCUT2D eigenvalue weighted by molar-refractivity contribution is -0.142. The number of rotatable bonds is 7. The second-order valence-electron chi connectivity index (χ2n) is 6.19. The fourth-order valence-corrected chi connectivity index (χ4v) is 3.01. The number of carbonyl (C=O) groups is 3. The minimum Gasteiger partial charge on any atom is -0.480 e. The van der Waals surface area contributed by atoms with Gasteiger partial charge in [0, 0.05) is 13.1 Å². The van der Waals surface area contributed by atoms with E-state index in [1.54, 1.807) is 6.20 Å². The molecule has 0 spiro atoms. The largest absolute Gasteiger partial charge is 0.480 e. The Morgan fingerprint density at radius 2 is 2.00 bits per heavy atom. The number of nitrogens with one attached hydrogen (secondary N) is 1. The Morgan fingerprint density at radius 3 is 2.64 bits per heavy atom. The van der Waals surface area contributed by atoms with E-state index in [1.807, 2.05) is 37.3 Å². The molecule has 0 bridgehead atoms. The maximum atomic E-state index is 12.4. The Hall–Kier alpha value is -2.63. The molecule has 2 atom stereocenters. The summed E-state index contributed by atoms with van der Waals surface area (Å²) >= 11 is 0. The van der Waals surface area contributed by atoms with Crippen molar-refractivity contribution in [1.82, 2.24) is 10.2 Å². The van der Waals surface area contributed by atoms with E-state index in [1.165, 1.54) is 11.8 Å². The number of benzene rings is 1. The number of carbonyl (C=O) groups excluding carboxylic acids is 2. The van der Waals surface area contributed by atoms with E-state index < -0.39 is 18.1 Å². The minimum atomic E-state index is -1.03. The molecule has 2 unspecified atom stereocenters. The molecule has 0 aliphatic carbocycles. The summed E-state index contributed by atoms with van der Waals surface area (Å²) in [5.74, 6) is -1.57. The van der Waals surface area contributed by atoms with Gasteiger partial charge in [0.15, 0.2) is 0 Å². The standard InChI is InChI=1S/C19H24N2O4/c1-3-4-9-16(19(24)25)20-18(23)12-17-15-8-6-5-7-14(15)10-11-21(17)13(2)22/h5-8,10-11,16-17H,3-4,9,12H2,1-2H3,(H,20,23)(H,24,25). The van der Waals surface area contributed by atoms with Crippen molar-refractivity contribution in [2.24, 2.45) is 0 Å². The highest BCUT2D eigenvalue weighted by atomic mass is 16.4. The molecular weight excluding hydrogens is 320 g/mol. The summed E-state index contributed by atoms with van der Waals surface area (Å²) < 4.78 is 0. The van der Waals surface area contributed by atoms with E-state index in [0.717, 1.165) is 24.0 Å². The first kappa shape index (κ1) is 18.7. The van der Waals surface area contributed by atoms with Crippen LogP contribution < -0.4 is 5.32 Å². The first-order chi connectivity index (χ1) is 11.9. The normalized spacial score (nSPS) is 16.9. The van der Waals surface area contributed by atoms with E-state index in [0.29, 0.717) is 6.42 Å². The van der Waals surface area contributed by atoms with Gasteiger partial charge in [0.2, 0.25) is 11.8 Å². The Morgan fingerprint density at radius 1 is 1.28 bits per heavy atom. The van der Waals surface area contributed by atoms with Gasteiger partial charge in [0.05, 0.1) is 12.5 Å². The molecule has 0 saturated carbocycles. The van der Waals surface area contributed by atoms with Crippen LogP contribution in [0.1, 0.15) is 56.7 Å². The molecule has 134 valence electrons. The van der Waals surface area contributed by atoms with E-state index in [9.17, 15) is 19.5 Å². The molecule has 6 heteroatoms. The summed E-state index contributed by atoms with van der Waals surface area (Å²) in [6, 6.07) is 6.25. The third-order valence-corrected chi connectivity index (χ3v) is 4.33. The number of carboxylic acids is 1. The minimum absolute atomic E-state index is 0.0246. The summed E-state index contributed by atoms with van der Waals surface area (Å²) in [6.07, 6.45) is 5.52. The average molecular weight is 344 g/mol. The monoisotopic (exact) mass is 344 g/mol. The highest BCUT2D eigenvalue weighted by Gasteiger charge is 2.29. The number of fused-ring (bicyclic) bond motifs is 1. The third kappa shape index (κ3) is 4.68. The Balaban J connectivity index is 2.15. The van der Waals surface area contributed by atoms with Gasteiger partial charge in [0.25, 0.3) is 0 Å². The molecule has 1 aromatic carbocycles. The van der Waals surface area contributed by atoms with Gasteiger partial charge in [-0.1, -0.05) is 44.0 Å². The fraction of sp³-hybridized carbons (Fsp3) is 0.421. The van der Waals surface area contributed by atoms with E-state index in [2.05, 4.69) is 5.32 Å². The number of nitrogens with zero attached hydrogens (tertiary/aromatic N) is 1. The molecule has 0 saturated heterocycles. The van der Waals surface area contributed by atoms with Crippen LogP contribution in [0.2, 0.25) is 0 Å². The molecule has 2 N–H and O–H groups in total.